The summed E-state index contributed by atoms with van der Waals surface area (Å²) in [5.74, 6) is 0. The van der Waals surface area contributed by atoms with Crippen LogP contribution < -0.4 is 9.80 Å². The van der Waals surface area contributed by atoms with Crippen LogP contribution in [0.5, 0.6) is 0 Å². The molecule has 0 amide bonds. The lowest BCUT2D eigenvalue weighted by atomic mass is 10.0. The highest BCUT2D eigenvalue weighted by atomic mass is 15.4. The van der Waals surface area contributed by atoms with Crippen LogP contribution in [0.4, 0.5) is 17.1 Å². The van der Waals surface area contributed by atoms with Crippen molar-refractivity contribution in [3.8, 4) is 11.1 Å². The predicted octanol–water partition coefficient (Wildman–Crippen LogP) is 5.61. The van der Waals surface area contributed by atoms with Crippen LogP contribution in [0.3, 0.4) is 0 Å². The van der Waals surface area contributed by atoms with Gasteiger partial charge < -0.3 is 9.80 Å². The van der Waals surface area contributed by atoms with Gasteiger partial charge in [-0.15, -0.1) is 0 Å². The Bertz CT molecular complexity index is 954. The molecule has 0 fully saturated rings. The highest BCUT2D eigenvalue weighted by molar-refractivity contribution is 5.92. The second-order valence-corrected chi connectivity index (χ2v) is 7.16. The Balaban J connectivity index is 2.03. The van der Waals surface area contributed by atoms with E-state index in [1.807, 2.05) is 0 Å². The summed E-state index contributed by atoms with van der Waals surface area (Å²) >= 11 is 0. The third kappa shape index (κ3) is 2.47. The molecule has 2 heterocycles. The molecule has 1 aromatic heterocycles. The number of anilines is 3. The molecule has 1 aliphatic heterocycles. The first kappa shape index (κ1) is 16.6. The maximum atomic E-state index is 4.76. The normalized spacial score (nSPS) is 16.1. The summed E-state index contributed by atoms with van der Waals surface area (Å²) < 4.78 is 0. The number of pyridine rings is 1. The number of nitrogens with zero attached hydrogens (tertiary/aromatic N) is 3. The Morgan fingerprint density at radius 1 is 0.846 bits per heavy atom. The maximum Gasteiger partial charge on any atom is 0.103 e. The number of para-hydroxylation sites is 2. The van der Waals surface area contributed by atoms with Crippen molar-refractivity contribution in [3.05, 3.63) is 71.5 Å². The molecule has 0 bridgehead atoms. The molecule has 4 rings (SSSR count). The second kappa shape index (κ2) is 6.17. The van der Waals surface area contributed by atoms with Crippen LogP contribution in [0.1, 0.15) is 23.9 Å². The zero-order valence-corrected chi connectivity index (χ0v) is 16.1. The SMILES string of the molecule is Cc1cc(C)c(N2c3ccccc3-c3ccccc3N(C)C2C)c(C)n1. The van der Waals surface area contributed by atoms with E-state index < -0.39 is 0 Å². The number of aromatic nitrogens is 1. The van der Waals surface area contributed by atoms with Gasteiger partial charge in [-0.25, -0.2) is 0 Å². The quantitative estimate of drug-likeness (QED) is 0.572. The summed E-state index contributed by atoms with van der Waals surface area (Å²) in [6, 6.07) is 19.5. The zero-order valence-electron chi connectivity index (χ0n) is 16.1. The Morgan fingerprint density at radius 3 is 2.08 bits per heavy atom. The van der Waals surface area contributed by atoms with Gasteiger partial charge in [0.05, 0.1) is 17.1 Å². The third-order valence-corrected chi connectivity index (χ3v) is 5.40. The molecule has 2 aromatic carbocycles. The number of aryl methyl sites for hydroxylation is 3. The van der Waals surface area contributed by atoms with E-state index in [1.54, 1.807) is 0 Å². The number of hydrogen-bond donors (Lipinski definition) is 0. The van der Waals surface area contributed by atoms with Crippen molar-refractivity contribution < 1.29 is 0 Å². The molecular formula is C23H25N3. The van der Waals surface area contributed by atoms with Gasteiger partial charge in [-0.3, -0.25) is 4.98 Å². The van der Waals surface area contributed by atoms with E-state index in [4.69, 9.17) is 4.98 Å². The zero-order chi connectivity index (χ0) is 18.4. The molecule has 0 N–H and O–H groups in total. The van der Waals surface area contributed by atoms with Crippen molar-refractivity contribution in [2.24, 2.45) is 0 Å². The summed E-state index contributed by atoms with van der Waals surface area (Å²) in [5.41, 5.74) is 9.62. The highest BCUT2D eigenvalue weighted by Gasteiger charge is 2.30. The first-order chi connectivity index (χ1) is 12.5. The monoisotopic (exact) mass is 343 g/mol. The lowest BCUT2D eigenvalue weighted by molar-refractivity contribution is 0.694. The van der Waals surface area contributed by atoms with Gasteiger partial charge in [-0.1, -0.05) is 36.4 Å². The van der Waals surface area contributed by atoms with E-state index in [9.17, 15) is 0 Å². The van der Waals surface area contributed by atoms with E-state index in [0.29, 0.717) is 0 Å². The minimum absolute atomic E-state index is 0.168. The third-order valence-electron chi connectivity index (χ3n) is 5.40. The van der Waals surface area contributed by atoms with E-state index in [2.05, 4.69) is 99.1 Å². The molecule has 0 saturated heterocycles. The van der Waals surface area contributed by atoms with Gasteiger partial charge in [-0.05, 0) is 51.5 Å². The fraction of sp³-hybridized carbons (Fsp3) is 0.261. The predicted molar refractivity (Wildman–Crippen MR) is 110 cm³/mol. The molecule has 3 aromatic rings. The van der Waals surface area contributed by atoms with Crippen molar-refractivity contribution in [1.29, 1.82) is 0 Å². The van der Waals surface area contributed by atoms with E-state index in [1.165, 1.54) is 33.8 Å². The lowest BCUT2D eigenvalue weighted by Crippen LogP contribution is -2.42. The molecule has 1 aliphatic rings. The minimum Gasteiger partial charge on any atom is -0.354 e. The Labute approximate surface area is 155 Å². The van der Waals surface area contributed by atoms with Crippen LogP contribution in [-0.2, 0) is 0 Å². The van der Waals surface area contributed by atoms with E-state index in [0.717, 1.165) is 11.4 Å². The van der Waals surface area contributed by atoms with Crippen molar-refractivity contribution in [1.82, 2.24) is 4.98 Å². The van der Waals surface area contributed by atoms with Gasteiger partial charge in [0, 0.05) is 29.6 Å². The molecule has 0 spiro atoms. The Kier molecular flexibility index (Phi) is 3.95. The number of hydrogen-bond acceptors (Lipinski definition) is 3. The maximum absolute atomic E-state index is 4.76. The fourth-order valence-corrected chi connectivity index (χ4v) is 4.18. The van der Waals surface area contributed by atoms with Crippen LogP contribution in [0.15, 0.2) is 54.6 Å². The molecular weight excluding hydrogens is 318 g/mol. The topological polar surface area (TPSA) is 19.4 Å². The minimum atomic E-state index is 0.168. The molecule has 26 heavy (non-hydrogen) atoms. The highest BCUT2D eigenvalue weighted by Crippen LogP contribution is 2.45. The smallest absolute Gasteiger partial charge is 0.103 e. The van der Waals surface area contributed by atoms with E-state index in [-0.39, 0.29) is 6.17 Å². The fourth-order valence-electron chi connectivity index (χ4n) is 4.18. The molecule has 0 saturated carbocycles. The van der Waals surface area contributed by atoms with Gasteiger partial charge in [0.25, 0.3) is 0 Å². The molecule has 1 atom stereocenters. The van der Waals surface area contributed by atoms with Gasteiger partial charge in [0.1, 0.15) is 6.17 Å². The summed E-state index contributed by atoms with van der Waals surface area (Å²) in [5, 5.41) is 0. The average Bonchev–Trinajstić information content (AvgIpc) is 2.71. The molecule has 3 heteroatoms. The second-order valence-electron chi connectivity index (χ2n) is 7.16. The summed E-state index contributed by atoms with van der Waals surface area (Å²) in [6.07, 6.45) is 0.168. The molecule has 3 nitrogen and oxygen atoms in total. The van der Waals surface area contributed by atoms with E-state index >= 15 is 0 Å². The summed E-state index contributed by atoms with van der Waals surface area (Å²) in [7, 11) is 2.18. The molecule has 132 valence electrons. The summed E-state index contributed by atoms with van der Waals surface area (Å²) in [6.45, 7) is 8.62. The molecule has 0 aliphatic carbocycles. The van der Waals surface area contributed by atoms with Crippen molar-refractivity contribution in [3.63, 3.8) is 0 Å². The van der Waals surface area contributed by atoms with Crippen molar-refractivity contribution in [2.75, 3.05) is 16.8 Å². The van der Waals surface area contributed by atoms with Crippen LogP contribution in [0.2, 0.25) is 0 Å². The molecule has 1 unspecified atom stereocenters. The van der Waals surface area contributed by atoms with Crippen LogP contribution in [0.25, 0.3) is 11.1 Å². The number of fused-ring (bicyclic) bond motifs is 3. The van der Waals surface area contributed by atoms with Crippen molar-refractivity contribution >= 4 is 17.1 Å². The van der Waals surface area contributed by atoms with Crippen LogP contribution in [-0.4, -0.2) is 18.2 Å². The van der Waals surface area contributed by atoms with Crippen LogP contribution in [0, 0.1) is 20.8 Å². The largest absolute Gasteiger partial charge is 0.354 e. The first-order valence-electron chi connectivity index (χ1n) is 9.14. The van der Waals surface area contributed by atoms with Gasteiger partial charge in [0.15, 0.2) is 0 Å². The lowest BCUT2D eigenvalue weighted by Gasteiger charge is -2.38. The Morgan fingerprint density at radius 2 is 1.42 bits per heavy atom. The van der Waals surface area contributed by atoms with Gasteiger partial charge >= 0.3 is 0 Å². The molecule has 0 radical (unpaired) electrons. The standard InChI is InChI=1S/C23H25N3/c1-15-14-16(2)24-17(3)23(15)26-18(4)25(5)21-12-8-6-10-19(21)20-11-7-9-13-22(20)26/h6-14,18H,1-5H3. The number of rotatable bonds is 1. The van der Waals surface area contributed by atoms with Crippen LogP contribution >= 0.6 is 0 Å². The number of benzene rings is 2. The van der Waals surface area contributed by atoms with Gasteiger partial charge in [-0.2, -0.15) is 0 Å². The van der Waals surface area contributed by atoms with Crippen molar-refractivity contribution in [2.45, 2.75) is 33.9 Å². The summed E-state index contributed by atoms with van der Waals surface area (Å²) in [4.78, 5) is 9.55. The van der Waals surface area contributed by atoms with Gasteiger partial charge in [0.2, 0.25) is 0 Å². The average molecular weight is 343 g/mol. The first-order valence-corrected chi connectivity index (χ1v) is 9.14. The Hall–Kier alpha value is -2.81.